The Morgan fingerprint density at radius 1 is 1.46 bits per heavy atom. The molecule has 3 N–H and O–H groups in total. The number of methoxy groups -OCH3 is 1. The van der Waals surface area contributed by atoms with Gasteiger partial charge < -0.3 is 4.74 Å². The summed E-state index contributed by atoms with van der Waals surface area (Å²) in [6.45, 7) is 3.36. The average molecular weight is 210 g/mol. The highest BCUT2D eigenvalue weighted by molar-refractivity contribution is 7.87. The van der Waals surface area contributed by atoms with Crippen molar-refractivity contribution in [3.63, 3.8) is 0 Å². The fraction of sp³-hybridized carbons (Fsp3) is 0.833. The van der Waals surface area contributed by atoms with Crippen LogP contribution in [-0.4, -0.2) is 27.5 Å². The molecule has 13 heavy (non-hydrogen) atoms. The third-order valence-electron chi connectivity index (χ3n) is 1.41. The van der Waals surface area contributed by atoms with Gasteiger partial charge in [0, 0.05) is 0 Å². The minimum atomic E-state index is -3.87. The van der Waals surface area contributed by atoms with E-state index in [0.29, 0.717) is 0 Å². The summed E-state index contributed by atoms with van der Waals surface area (Å²) in [5.41, 5.74) is 0. The van der Waals surface area contributed by atoms with Crippen LogP contribution in [0.2, 0.25) is 0 Å². The number of esters is 1. The Hall–Kier alpha value is -0.660. The summed E-state index contributed by atoms with van der Waals surface area (Å²) in [6, 6.07) is -0.931. The zero-order chi connectivity index (χ0) is 10.6. The largest absolute Gasteiger partial charge is 0.468 e. The van der Waals surface area contributed by atoms with Crippen LogP contribution in [0.4, 0.5) is 0 Å². The van der Waals surface area contributed by atoms with Crippen molar-refractivity contribution in [2.75, 3.05) is 7.11 Å². The number of carbonyl (C=O) groups excluding carboxylic acids is 1. The van der Waals surface area contributed by atoms with Crippen molar-refractivity contribution in [2.45, 2.75) is 19.9 Å². The summed E-state index contributed by atoms with van der Waals surface area (Å²) in [5, 5.41) is 4.72. The van der Waals surface area contributed by atoms with Crippen LogP contribution in [0.1, 0.15) is 13.8 Å². The molecule has 0 heterocycles. The first-order chi connectivity index (χ1) is 5.78. The third kappa shape index (κ3) is 4.81. The lowest BCUT2D eigenvalue weighted by molar-refractivity contribution is -0.143. The van der Waals surface area contributed by atoms with Crippen LogP contribution >= 0.6 is 0 Å². The van der Waals surface area contributed by atoms with E-state index in [1.165, 1.54) is 7.11 Å². The average Bonchev–Trinajstić information content (AvgIpc) is 1.96. The Balaban J connectivity index is 4.55. The molecule has 0 bridgehead atoms. The molecule has 1 atom stereocenters. The highest BCUT2D eigenvalue weighted by atomic mass is 32.2. The molecular weight excluding hydrogens is 196 g/mol. The monoisotopic (exact) mass is 210 g/mol. The summed E-state index contributed by atoms with van der Waals surface area (Å²) in [6.07, 6.45) is 0. The molecule has 78 valence electrons. The minimum absolute atomic E-state index is 0.217. The first-order valence-electron chi connectivity index (χ1n) is 3.66. The molecule has 0 spiro atoms. The van der Waals surface area contributed by atoms with Crippen LogP contribution in [0.15, 0.2) is 0 Å². The number of hydrogen-bond acceptors (Lipinski definition) is 4. The predicted octanol–water partition coefficient (Wildman–Crippen LogP) is -1.02. The van der Waals surface area contributed by atoms with E-state index < -0.39 is 22.2 Å². The molecule has 0 saturated heterocycles. The van der Waals surface area contributed by atoms with E-state index in [1.807, 2.05) is 4.72 Å². The van der Waals surface area contributed by atoms with Gasteiger partial charge in [-0.2, -0.15) is 13.1 Å². The van der Waals surface area contributed by atoms with Gasteiger partial charge in [0.25, 0.3) is 10.2 Å². The summed E-state index contributed by atoms with van der Waals surface area (Å²) in [7, 11) is -2.69. The molecule has 7 heteroatoms. The molecule has 0 amide bonds. The van der Waals surface area contributed by atoms with Gasteiger partial charge in [0.2, 0.25) is 0 Å². The van der Waals surface area contributed by atoms with Crippen molar-refractivity contribution in [1.82, 2.24) is 4.72 Å². The number of hydrogen-bond donors (Lipinski definition) is 2. The van der Waals surface area contributed by atoms with Gasteiger partial charge in [-0.3, -0.25) is 4.79 Å². The zero-order valence-electron chi connectivity index (χ0n) is 7.77. The van der Waals surface area contributed by atoms with Crippen molar-refractivity contribution in [3.05, 3.63) is 0 Å². The normalized spacial score (nSPS) is 14.2. The van der Waals surface area contributed by atoms with E-state index in [9.17, 15) is 13.2 Å². The zero-order valence-corrected chi connectivity index (χ0v) is 8.59. The molecule has 0 saturated carbocycles. The van der Waals surface area contributed by atoms with E-state index in [4.69, 9.17) is 5.14 Å². The van der Waals surface area contributed by atoms with Crippen molar-refractivity contribution in [2.24, 2.45) is 11.1 Å². The Labute approximate surface area is 77.6 Å². The van der Waals surface area contributed by atoms with Crippen molar-refractivity contribution in [3.8, 4) is 0 Å². The number of rotatable bonds is 4. The van der Waals surface area contributed by atoms with Gasteiger partial charge >= 0.3 is 5.97 Å². The Morgan fingerprint density at radius 2 is 1.92 bits per heavy atom. The van der Waals surface area contributed by atoms with Gasteiger partial charge in [-0.05, 0) is 5.92 Å². The molecule has 0 fully saturated rings. The lowest BCUT2D eigenvalue weighted by Crippen LogP contribution is -2.47. The van der Waals surface area contributed by atoms with Crippen LogP contribution in [0.3, 0.4) is 0 Å². The Bertz CT molecular complexity index is 272. The summed E-state index contributed by atoms with van der Waals surface area (Å²) in [4.78, 5) is 11.0. The summed E-state index contributed by atoms with van der Waals surface area (Å²) < 4.78 is 27.6. The van der Waals surface area contributed by atoms with E-state index in [-0.39, 0.29) is 5.92 Å². The number of ether oxygens (including phenoxy) is 1. The van der Waals surface area contributed by atoms with Crippen LogP contribution in [0.5, 0.6) is 0 Å². The van der Waals surface area contributed by atoms with E-state index in [0.717, 1.165) is 0 Å². The maximum Gasteiger partial charge on any atom is 0.324 e. The second-order valence-corrected chi connectivity index (χ2v) is 4.23. The molecule has 0 aromatic rings. The number of carbonyl (C=O) groups is 1. The lowest BCUT2D eigenvalue weighted by Gasteiger charge is -2.17. The molecule has 0 aliphatic rings. The fourth-order valence-electron chi connectivity index (χ4n) is 0.760. The SMILES string of the molecule is COC(=O)C(NS(N)(=O)=O)C(C)C. The second kappa shape index (κ2) is 4.54. The van der Waals surface area contributed by atoms with Crippen molar-refractivity contribution < 1.29 is 17.9 Å². The first-order valence-corrected chi connectivity index (χ1v) is 5.20. The van der Waals surface area contributed by atoms with E-state index >= 15 is 0 Å². The molecule has 0 aliphatic heterocycles. The quantitative estimate of drug-likeness (QED) is 0.580. The molecule has 0 aliphatic carbocycles. The topological polar surface area (TPSA) is 98.5 Å². The molecule has 0 radical (unpaired) electrons. The molecule has 1 unspecified atom stereocenters. The highest BCUT2D eigenvalue weighted by Gasteiger charge is 2.26. The maximum atomic E-state index is 11.0. The Kier molecular flexibility index (Phi) is 4.31. The Morgan fingerprint density at radius 3 is 2.15 bits per heavy atom. The third-order valence-corrected chi connectivity index (χ3v) is 2.00. The maximum absolute atomic E-state index is 11.0. The summed E-state index contributed by atoms with van der Waals surface area (Å²) in [5.74, 6) is -0.866. The lowest BCUT2D eigenvalue weighted by atomic mass is 10.1. The molecule has 0 aromatic heterocycles. The predicted molar refractivity (Wildman–Crippen MR) is 46.9 cm³/mol. The van der Waals surface area contributed by atoms with Gasteiger partial charge in [0.15, 0.2) is 0 Å². The van der Waals surface area contributed by atoms with Crippen molar-refractivity contribution >= 4 is 16.2 Å². The van der Waals surface area contributed by atoms with Gasteiger partial charge in [-0.15, -0.1) is 0 Å². The van der Waals surface area contributed by atoms with Gasteiger partial charge in [0.1, 0.15) is 6.04 Å². The van der Waals surface area contributed by atoms with Crippen LogP contribution in [-0.2, 0) is 19.7 Å². The number of nitrogens with one attached hydrogen (secondary N) is 1. The smallest absolute Gasteiger partial charge is 0.324 e. The molecule has 0 aromatic carbocycles. The van der Waals surface area contributed by atoms with Gasteiger partial charge in [0.05, 0.1) is 7.11 Å². The molecule has 0 rings (SSSR count). The van der Waals surface area contributed by atoms with Gasteiger partial charge in [-0.1, -0.05) is 13.8 Å². The van der Waals surface area contributed by atoms with Gasteiger partial charge in [-0.25, -0.2) is 5.14 Å². The van der Waals surface area contributed by atoms with Crippen LogP contribution < -0.4 is 9.86 Å². The molecule has 6 nitrogen and oxygen atoms in total. The van der Waals surface area contributed by atoms with Crippen LogP contribution in [0.25, 0.3) is 0 Å². The minimum Gasteiger partial charge on any atom is -0.468 e. The van der Waals surface area contributed by atoms with E-state index in [1.54, 1.807) is 13.8 Å². The summed E-state index contributed by atoms with van der Waals surface area (Å²) >= 11 is 0. The van der Waals surface area contributed by atoms with Crippen LogP contribution in [0, 0.1) is 5.92 Å². The van der Waals surface area contributed by atoms with E-state index in [2.05, 4.69) is 4.74 Å². The highest BCUT2D eigenvalue weighted by Crippen LogP contribution is 2.03. The fourth-order valence-corrected chi connectivity index (χ4v) is 1.48. The second-order valence-electron chi connectivity index (χ2n) is 2.91. The standard InChI is InChI=1S/C6H14N2O4S/c1-4(2)5(6(9)12-3)8-13(7,10)11/h4-5,8H,1-3H3,(H2,7,10,11). The van der Waals surface area contributed by atoms with Crippen molar-refractivity contribution in [1.29, 1.82) is 0 Å². The number of nitrogens with two attached hydrogens (primary N) is 1. The first kappa shape index (κ1) is 12.3. The molecular formula is C6H14N2O4S.